The second kappa shape index (κ2) is 10.0. The number of nitrogens with one attached hydrogen (secondary N) is 2. The molecule has 7 heteroatoms. The van der Waals surface area contributed by atoms with Gasteiger partial charge in [-0.05, 0) is 37.1 Å². The van der Waals surface area contributed by atoms with Crippen LogP contribution in [0.1, 0.15) is 19.3 Å². The lowest BCUT2D eigenvalue weighted by atomic mass is 10.3. The van der Waals surface area contributed by atoms with Crippen LogP contribution in [0.3, 0.4) is 0 Å². The molecule has 0 radical (unpaired) electrons. The van der Waals surface area contributed by atoms with E-state index in [-0.39, 0.29) is 29.9 Å². The van der Waals surface area contributed by atoms with Crippen LogP contribution in [0.4, 0.5) is 5.69 Å². The summed E-state index contributed by atoms with van der Waals surface area (Å²) in [6.45, 7) is 2.68. The van der Waals surface area contributed by atoms with Crippen molar-refractivity contribution in [3.05, 3.63) is 28.7 Å². The Labute approximate surface area is 157 Å². The molecule has 2 N–H and O–H groups in total. The van der Waals surface area contributed by atoms with E-state index in [1.807, 2.05) is 24.3 Å². The molecule has 1 aromatic carbocycles. The summed E-state index contributed by atoms with van der Waals surface area (Å²) in [5, 5.41) is 6.12. The number of rotatable bonds is 4. The Bertz CT molecular complexity index is 501. The topological polar surface area (TPSA) is 56.7 Å². The summed E-state index contributed by atoms with van der Waals surface area (Å²) in [5.74, 6) is 0.894. The molecule has 1 fully saturated rings. The first-order chi connectivity index (χ1) is 10.2. The number of aliphatic imine (C=N–C) groups is 1. The van der Waals surface area contributed by atoms with Gasteiger partial charge >= 0.3 is 0 Å². The summed E-state index contributed by atoms with van der Waals surface area (Å²) in [5.41, 5.74) is 0.812. The minimum Gasteiger partial charge on any atom is -0.356 e. The molecule has 0 bridgehead atoms. The third-order valence-electron chi connectivity index (χ3n) is 3.38. The van der Waals surface area contributed by atoms with Gasteiger partial charge in [-0.25, -0.2) is 0 Å². The molecule has 1 amide bonds. The molecule has 0 unspecified atom stereocenters. The summed E-state index contributed by atoms with van der Waals surface area (Å²) >= 11 is 3.37. The van der Waals surface area contributed by atoms with Gasteiger partial charge in [0, 0.05) is 43.3 Å². The molecular weight excluding hydrogens is 459 g/mol. The van der Waals surface area contributed by atoms with E-state index >= 15 is 0 Å². The van der Waals surface area contributed by atoms with Gasteiger partial charge in [0.15, 0.2) is 5.96 Å². The van der Waals surface area contributed by atoms with Crippen LogP contribution in [0.25, 0.3) is 0 Å². The first-order valence-electron chi connectivity index (χ1n) is 7.20. The Morgan fingerprint density at radius 2 is 1.91 bits per heavy atom. The summed E-state index contributed by atoms with van der Waals surface area (Å²) in [4.78, 5) is 18.4. The minimum absolute atomic E-state index is 0. The molecule has 1 heterocycles. The zero-order valence-electron chi connectivity index (χ0n) is 12.6. The molecule has 1 aliphatic rings. The van der Waals surface area contributed by atoms with Gasteiger partial charge in [-0.1, -0.05) is 15.9 Å². The predicted octanol–water partition coefficient (Wildman–Crippen LogP) is 3.07. The fraction of sp³-hybridized carbons (Fsp3) is 0.467. The zero-order valence-corrected chi connectivity index (χ0v) is 16.6. The molecule has 0 spiro atoms. The van der Waals surface area contributed by atoms with Crippen molar-refractivity contribution in [1.82, 2.24) is 10.2 Å². The highest BCUT2D eigenvalue weighted by atomic mass is 127. The number of amides is 1. The van der Waals surface area contributed by atoms with E-state index in [1.54, 1.807) is 7.05 Å². The van der Waals surface area contributed by atoms with Gasteiger partial charge in [-0.15, -0.1) is 24.0 Å². The van der Waals surface area contributed by atoms with E-state index in [0.717, 1.165) is 29.2 Å². The van der Waals surface area contributed by atoms with Gasteiger partial charge in [0.25, 0.3) is 0 Å². The summed E-state index contributed by atoms with van der Waals surface area (Å²) in [6.07, 6.45) is 2.85. The number of carbonyl (C=O) groups is 1. The van der Waals surface area contributed by atoms with E-state index in [0.29, 0.717) is 13.0 Å². The van der Waals surface area contributed by atoms with Crippen molar-refractivity contribution in [2.75, 3.05) is 32.0 Å². The number of carbonyl (C=O) groups excluding carboxylic acids is 1. The summed E-state index contributed by atoms with van der Waals surface area (Å²) in [7, 11) is 1.78. The number of benzene rings is 1. The molecule has 1 aromatic rings. The average molecular weight is 481 g/mol. The molecule has 22 heavy (non-hydrogen) atoms. The van der Waals surface area contributed by atoms with Gasteiger partial charge in [-0.3, -0.25) is 9.79 Å². The predicted molar refractivity (Wildman–Crippen MR) is 105 cm³/mol. The van der Waals surface area contributed by atoms with Crippen molar-refractivity contribution in [2.24, 2.45) is 4.99 Å². The molecule has 0 aliphatic carbocycles. The van der Waals surface area contributed by atoms with Crippen molar-refractivity contribution in [1.29, 1.82) is 0 Å². The Hall–Kier alpha value is -0.830. The number of hydrogen-bond donors (Lipinski definition) is 2. The molecule has 0 atom stereocenters. The lowest BCUT2D eigenvalue weighted by Gasteiger charge is -2.20. The number of nitrogens with zero attached hydrogens (tertiary/aromatic N) is 2. The van der Waals surface area contributed by atoms with Crippen molar-refractivity contribution in [3.63, 3.8) is 0 Å². The van der Waals surface area contributed by atoms with E-state index in [4.69, 9.17) is 0 Å². The number of likely N-dealkylation sites (tertiary alicyclic amines) is 1. The highest BCUT2D eigenvalue weighted by Gasteiger charge is 2.15. The largest absolute Gasteiger partial charge is 0.356 e. The summed E-state index contributed by atoms with van der Waals surface area (Å²) < 4.78 is 0.997. The second-order valence-electron chi connectivity index (χ2n) is 4.97. The van der Waals surface area contributed by atoms with E-state index in [9.17, 15) is 4.79 Å². The third kappa shape index (κ3) is 6.12. The molecule has 1 aliphatic heterocycles. The van der Waals surface area contributed by atoms with Crippen molar-refractivity contribution >= 4 is 57.5 Å². The SMILES string of the molecule is CN=C(NCCC(=O)Nc1ccc(Br)cc1)N1CCCC1.I. The van der Waals surface area contributed by atoms with Crippen LogP contribution < -0.4 is 10.6 Å². The second-order valence-corrected chi connectivity index (χ2v) is 5.89. The lowest BCUT2D eigenvalue weighted by Crippen LogP contribution is -2.40. The van der Waals surface area contributed by atoms with Crippen LogP contribution in [0.2, 0.25) is 0 Å². The molecular formula is C15H22BrIN4O. The number of guanidine groups is 1. The summed E-state index contributed by atoms with van der Waals surface area (Å²) in [6, 6.07) is 7.56. The van der Waals surface area contributed by atoms with E-state index in [1.165, 1.54) is 12.8 Å². The Kier molecular flexibility index (Phi) is 8.77. The Morgan fingerprint density at radius 3 is 2.50 bits per heavy atom. The maximum Gasteiger partial charge on any atom is 0.226 e. The Balaban J connectivity index is 0.00000242. The van der Waals surface area contributed by atoms with Crippen LogP contribution in [0.5, 0.6) is 0 Å². The molecule has 0 aromatic heterocycles. The highest BCUT2D eigenvalue weighted by molar-refractivity contribution is 14.0. The monoisotopic (exact) mass is 480 g/mol. The average Bonchev–Trinajstić information content (AvgIpc) is 3.00. The normalized spacial score (nSPS) is 14.5. The third-order valence-corrected chi connectivity index (χ3v) is 3.91. The van der Waals surface area contributed by atoms with E-state index in [2.05, 4.69) is 36.5 Å². The minimum atomic E-state index is 0. The van der Waals surface area contributed by atoms with Crippen LogP contribution in [0.15, 0.2) is 33.7 Å². The van der Waals surface area contributed by atoms with Gasteiger partial charge in [0.2, 0.25) is 5.91 Å². The number of halogens is 2. The highest BCUT2D eigenvalue weighted by Crippen LogP contribution is 2.14. The molecule has 0 saturated carbocycles. The van der Waals surface area contributed by atoms with Gasteiger partial charge in [-0.2, -0.15) is 0 Å². The number of anilines is 1. The van der Waals surface area contributed by atoms with Crippen LogP contribution in [-0.4, -0.2) is 43.4 Å². The molecule has 1 saturated heterocycles. The zero-order chi connectivity index (χ0) is 15.1. The first kappa shape index (κ1) is 19.2. The fourth-order valence-corrected chi connectivity index (χ4v) is 2.57. The van der Waals surface area contributed by atoms with Crippen molar-refractivity contribution in [2.45, 2.75) is 19.3 Å². The molecule has 5 nitrogen and oxygen atoms in total. The van der Waals surface area contributed by atoms with E-state index < -0.39 is 0 Å². The smallest absolute Gasteiger partial charge is 0.226 e. The van der Waals surface area contributed by atoms with Gasteiger partial charge < -0.3 is 15.5 Å². The van der Waals surface area contributed by atoms with Crippen molar-refractivity contribution < 1.29 is 4.79 Å². The fourth-order valence-electron chi connectivity index (χ4n) is 2.31. The molecule has 122 valence electrons. The number of hydrogen-bond acceptors (Lipinski definition) is 2. The Morgan fingerprint density at radius 1 is 1.27 bits per heavy atom. The van der Waals surface area contributed by atoms with Gasteiger partial charge in [0.1, 0.15) is 0 Å². The standard InChI is InChI=1S/C15H21BrN4O.HI/c1-17-15(20-10-2-3-11-20)18-9-8-14(21)19-13-6-4-12(16)5-7-13;/h4-7H,2-3,8-11H2,1H3,(H,17,18)(H,19,21);1H. The maximum absolute atomic E-state index is 11.9. The van der Waals surface area contributed by atoms with Crippen LogP contribution in [-0.2, 0) is 4.79 Å². The quantitative estimate of drug-likeness (QED) is 0.395. The van der Waals surface area contributed by atoms with Crippen LogP contribution in [0, 0.1) is 0 Å². The van der Waals surface area contributed by atoms with Crippen LogP contribution >= 0.6 is 39.9 Å². The first-order valence-corrected chi connectivity index (χ1v) is 7.99. The van der Waals surface area contributed by atoms with Gasteiger partial charge in [0.05, 0.1) is 0 Å². The molecule has 2 rings (SSSR count). The lowest BCUT2D eigenvalue weighted by molar-refractivity contribution is -0.116. The maximum atomic E-state index is 11.9. The van der Waals surface area contributed by atoms with Crippen molar-refractivity contribution in [3.8, 4) is 0 Å².